The number of aryl methyl sites for hydroxylation is 1. The molecular weight excluding hydrogens is 707 g/mol. The highest BCUT2D eigenvalue weighted by molar-refractivity contribution is 8.03. The summed E-state index contributed by atoms with van der Waals surface area (Å²) in [4.78, 5) is 30.0. The van der Waals surface area contributed by atoms with Gasteiger partial charge in [0, 0.05) is 36.5 Å². The number of methoxy groups -OCH3 is 1. The smallest absolute Gasteiger partial charge is 0.305 e. The summed E-state index contributed by atoms with van der Waals surface area (Å²) >= 11 is 5.22. The van der Waals surface area contributed by atoms with E-state index in [0.717, 1.165) is 88.3 Å². The van der Waals surface area contributed by atoms with Crippen molar-refractivity contribution in [2.45, 2.75) is 90.1 Å². The van der Waals surface area contributed by atoms with Gasteiger partial charge in [0.25, 0.3) is 10.6 Å². The average Bonchev–Trinajstić information content (AvgIpc) is 3.80. The molecule has 0 spiro atoms. The number of allylic oxidation sites excluding steroid dienone is 5. The summed E-state index contributed by atoms with van der Waals surface area (Å²) in [5, 5.41) is 2.41. The normalized spacial score (nSPS) is 19.2. The van der Waals surface area contributed by atoms with Crippen molar-refractivity contribution < 1.29 is 18.8 Å². The highest BCUT2D eigenvalue weighted by Gasteiger charge is 2.27. The van der Waals surface area contributed by atoms with E-state index in [1.165, 1.54) is 32.3 Å². The third-order valence-electron chi connectivity index (χ3n) is 10.2. The Balaban J connectivity index is 1.25. The van der Waals surface area contributed by atoms with Gasteiger partial charge in [0.2, 0.25) is 5.52 Å². The van der Waals surface area contributed by atoms with E-state index in [2.05, 4.69) is 84.0 Å². The molecule has 0 fully saturated rings. The molecule has 272 valence electrons. The Labute approximate surface area is 318 Å². The molecule has 3 aliphatic rings. The fourth-order valence-electron chi connectivity index (χ4n) is 7.57. The molecule has 0 saturated carbocycles. The van der Waals surface area contributed by atoms with Crippen LogP contribution in [0.25, 0.3) is 21.9 Å². The standard InChI is InChI=1S/C42H48N3O4S3/c1-5-43-33-13-10-11-14-35(33)50-37(43)24-28-16-17-29-18-19-30(25-31(29)23-28)41-42(47)45(22-12-8-9-15-40(46)49-7-3)39(52-41)27-38-44(6-2)34-21-20-32(48-4)26-36(34)51-38/h10-11,13-14,20-21,23-27,29H,5-9,12,15-19,22H2,1-4H3/q+1/b37-24-,41-30+. The zero-order valence-corrected chi connectivity index (χ0v) is 33.1. The van der Waals surface area contributed by atoms with E-state index in [4.69, 9.17) is 9.47 Å². The fraction of sp³-hybridized carbons (Fsp3) is 0.405. The van der Waals surface area contributed by atoms with Crippen LogP contribution < -0.4 is 29.0 Å². The SMILES string of the molecule is CCOC(=O)CCCCCn1c(=O)/c(=C2\C=C3C=C(/C=C4\Sc5ccccc5N4CC)CCC3CC2)s/c1=C\c1sc2cc(OC)ccc2[n+]1CC. The second kappa shape index (κ2) is 16.4. The molecule has 1 unspecified atom stereocenters. The summed E-state index contributed by atoms with van der Waals surface area (Å²) in [7, 11) is 1.70. The monoisotopic (exact) mass is 754 g/mol. The van der Waals surface area contributed by atoms with Crippen molar-refractivity contribution in [1.82, 2.24) is 4.57 Å². The second-order valence-corrected chi connectivity index (χ2v) is 16.6. The van der Waals surface area contributed by atoms with Crippen molar-refractivity contribution in [3.63, 3.8) is 0 Å². The van der Waals surface area contributed by atoms with Crippen LogP contribution in [0.15, 0.2) is 86.6 Å². The number of unbranched alkanes of at least 4 members (excludes halogenated alkanes) is 2. The van der Waals surface area contributed by atoms with Gasteiger partial charge in [0.15, 0.2) is 0 Å². The first kappa shape index (κ1) is 36.5. The summed E-state index contributed by atoms with van der Waals surface area (Å²) in [5.41, 5.74) is 6.43. The Kier molecular flexibility index (Phi) is 11.5. The molecule has 4 aromatic rings. The van der Waals surface area contributed by atoms with Gasteiger partial charge in [-0.3, -0.25) is 14.2 Å². The van der Waals surface area contributed by atoms with Gasteiger partial charge in [-0.15, -0.1) is 11.3 Å². The Morgan fingerprint density at radius 1 is 1.00 bits per heavy atom. The Hall–Kier alpha value is -3.86. The first-order chi connectivity index (χ1) is 25.4. The number of thiazole rings is 2. The zero-order valence-electron chi connectivity index (χ0n) is 30.6. The van der Waals surface area contributed by atoms with Crippen molar-refractivity contribution in [3.05, 3.63) is 101 Å². The largest absolute Gasteiger partial charge is 0.497 e. The molecule has 52 heavy (non-hydrogen) atoms. The van der Waals surface area contributed by atoms with E-state index in [1.54, 1.807) is 29.8 Å². The molecule has 2 aromatic heterocycles. The molecular formula is C42H48N3O4S3+. The van der Waals surface area contributed by atoms with Crippen molar-refractivity contribution in [2.24, 2.45) is 5.92 Å². The first-order valence-corrected chi connectivity index (χ1v) is 21.1. The van der Waals surface area contributed by atoms with Gasteiger partial charge in [-0.2, -0.15) is 4.57 Å². The van der Waals surface area contributed by atoms with Gasteiger partial charge in [-0.1, -0.05) is 53.8 Å². The number of ether oxygens (including phenoxy) is 2. The van der Waals surface area contributed by atoms with E-state index < -0.39 is 0 Å². The van der Waals surface area contributed by atoms with Gasteiger partial charge in [0.05, 0.1) is 35.0 Å². The number of nitrogens with zero attached hydrogens (tertiary/aromatic N) is 3. The number of carbonyl (C=O) groups is 1. The van der Waals surface area contributed by atoms with Gasteiger partial charge < -0.3 is 14.4 Å². The summed E-state index contributed by atoms with van der Waals surface area (Å²) in [6.45, 7) is 9.00. The maximum Gasteiger partial charge on any atom is 0.305 e. The minimum absolute atomic E-state index is 0.0959. The lowest BCUT2D eigenvalue weighted by Gasteiger charge is -2.28. The Bertz CT molecular complexity index is 2260. The van der Waals surface area contributed by atoms with Crippen molar-refractivity contribution in [1.29, 1.82) is 0 Å². The van der Waals surface area contributed by atoms with Crippen molar-refractivity contribution >= 4 is 68.0 Å². The van der Waals surface area contributed by atoms with Crippen molar-refractivity contribution in [2.75, 3.05) is 25.2 Å². The Morgan fingerprint density at radius 2 is 1.85 bits per heavy atom. The van der Waals surface area contributed by atoms with E-state index >= 15 is 0 Å². The van der Waals surface area contributed by atoms with E-state index in [-0.39, 0.29) is 11.5 Å². The number of carbonyl (C=O) groups excluding carboxylic acids is 1. The van der Waals surface area contributed by atoms with Gasteiger partial charge in [0.1, 0.15) is 21.7 Å². The first-order valence-electron chi connectivity index (χ1n) is 18.7. The number of hydrogen-bond donors (Lipinski definition) is 0. The molecule has 0 saturated heterocycles. The van der Waals surface area contributed by atoms with Crippen LogP contribution in [0.4, 0.5) is 5.69 Å². The van der Waals surface area contributed by atoms with Crippen LogP contribution >= 0.6 is 34.4 Å². The number of aromatic nitrogens is 2. The number of esters is 1. The molecule has 7 nitrogen and oxygen atoms in total. The highest BCUT2D eigenvalue weighted by atomic mass is 32.2. The maximum atomic E-state index is 14.4. The minimum atomic E-state index is -0.150. The topological polar surface area (TPSA) is 64.6 Å². The summed E-state index contributed by atoms with van der Waals surface area (Å²) < 4.78 is 17.9. The molecule has 2 aliphatic carbocycles. The summed E-state index contributed by atoms with van der Waals surface area (Å²) in [6, 6.07) is 14.9. The number of thioether (sulfide) groups is 1. The highest BCUT2D eigenvalue weighted by Crippen LogP contribution is 2.47. The lowest BCUT2D eigenvalue weighted by Crippen LogP contribution is -2.35. The van der Waals surface area contributed by atoms with Gasteiger partial charge >= 0.3 is 5.97 Å². The lowest BCUT2D eigenvalue weighted by atomic mass is 9.77. The van der Waals surface area contributed by atoms with Gasteiger partial charge in [-0.25, -0.2) is 0 Å². The number of anilines is 1. The molecule has 10 heteroatoms. The van der Waals surface area contributed by atoms with Crippen LogP contribution in [0, 0.1) is 5.92 Å². The number of para-hydroxylation sites is 1. The Morgan fingerprint density at radius 3 is 2.65 bits per heavy atom. The quantitative estimate of drug-likeness (QED) is 0.0829. The number of rotatable bonds is 12. The van der Waals surface area contributed by atoms with E-state index in [9.17, 15) is 9.59 Å². The molecule has 2 aromatic carbocycles. The fourth-order valence-corrected chi connectivity index (χ4v) is 11.2. The van der Waals surface area contributed by atoms with E-state index in [1.807, 2.05) is 29.3 Å². The van der Waals surface area contributed by atoms with Crippen molar-refractivity contribution in [3.8, 4) is 5.75 Å². The van der Waals surface area contributed by atoms with Crippen LogP contribution in [-0.2, 0) is 22.6 Å². The molecule has 0 N–H and O–H groups in total. The molecule has 0 bridgehead atoms. The maximum absolute atomic E-state index is 14.4. The predicted molar refractivity (Wildman–Crippen MR) is 216 cm³/mol. The summed E-state index contributed by atoms with van der Waals surface area (Å²) in [6.07, 6.45) is 16.4. The minimum Gasteiger partial charge on any atom is -0.497 e. The van der Waals surface area contributed by atoms with Crippen LogP contribution in [0.3, 0.4) is 0 Å². The molecule has 7 rings (SSSR count). The van der Waals surface area contributed by atoms with Crippen LogP contribution in [0.2, 0.25) is 0 Å². The number of hydrogen-bond acceptors (Lipinski definition) is 8. The number of benzene rings is 2. The second-order valence-electron chi connectivity index (χ2n) is 13.5. The molecule has 3 heterocycles. The van der Waals surface area contributed by atoms with E-state index in [0.29, 0.717) is 25.5 Å². The lowest BCUT2D eigenvalue weighted by molar-refractivity contribution is -0.665. The molecule has 0 radical (unpaired) electrons. The number of fused-ring (bicyclic) bond motifs is 3. The third-order valence-corrected chi connectivity index (χ3v) is 13.6. The van der Waals surface area contributed by atoms with Crippen LogP contribution in [-0.4, -0.2) is 30.8 Å². The summed E-state index contributed by atoms with van der Waals surface area (Å²) in [5.74, 6) is 1.23. The predicted octanol–water partition coefficient (Wildman–Crippen LogP) is 8.07. The van der Waals surface area contributed by atoms with Crippen LogP contribution in [0.1, 0.15) is 77.1 Å². The van der Waals surface area contributed by atoms with Crippen LogP contribution in [0.5, 0.6) is 5.75 Å². The average molecular weight is 755 g/mol. The molecule has 1 aliphatic heterocycles. The van der Waals surface area contributed by atoms with Gasteiger partial charge in [-0.05, 0) is 106 Å². The third kappa shape index (κ3) is 7.61. The zero-order chi connectivity index (χ0) is 36.2. The molecule has 0 amide bonds. The molecule has 1 atom stereocenters.